The molecule has 0 unspecified atom stereocenters. The number of amides is 1. The van der Waals surface area contributed by atoms with Gasteiger partial charge in [-0.05, 0) is 302 Å². The van der Waals surface area contributed by atoms with E-state index in [9.17, 15) is 37.9 Å². The topological polar surface area (TPSA) is 251 Å². The van der Waals surface area contributed by atoms with Gasteiger partial charge in [-0.25, -0.2) is 13.6 Å². The molecule has 16 rings (SSSR count). The van der Waals surface area contributed by atoms with E-state index < -0.39 is 17.2 Å². The summed E-state index contributed by atoms with van der Waals surface area (Å²) in [5.41, 5.74) is 17.3. The summed E-state index contributed by atoms with van der Waals surface area (Å²) < 4.78 is 58.4. The maximum absolute atomic E-state index is 12.8. The van der Waals surface area contributed by atoms with Crippen molar-refractivity contribution in [3.8, 4) is 23.0 Å². The standard InChI is InChI=1S/C27H39N3O3.2C16H20N2O.2C16H21NO2.C11H11FO2.C8H7FO2/c1-5-9-22-24(29-16-7-6-8-17-29)13-11-21-23(28-33-25(21)22)12-10-20-14-18-30(19-15-20)26(31)32-27(2,3)4;2*1-3-7-14-15(18-10-5-4-6-11-18)9-8-13-12(2)17-19-16(13)14;1-3-11-19-16-12-14(7-8-15(16)13(2)18)17-9-5-4-6-10-17;1-3-7-14-15(17-10-5-4-6-11-17)9-8-13(12(2)18)16(14)19;1-3-6-14-11-7-9(12)4-5-10(11)8(2)13;1-5(10)7-3-2-6(9)4-8(7)11/h5,9,11,13,20H,6-8,10,12,14-19H2,1-4H3;3,7-9H,4-6,10-11H2,1-2H3;3,8-9H,1,4-7,10-11H2,2H3;3,7-8,12H,1,4-6,9-11H2,2H3;3,8-9,19H,1,4-7,10-11H2,2H3;3-5,7H,1,6H2,2H3;2-4,11H,1H3. The highest BCUT2D eigenvalue weighted by Crippen LogP contribution is 2.40. The van der Waals surface area contributed by atoms with Crippen molar-refractivity contribution < 1.29 is 70.7 Å². The predicted octanol–water partition coefficient (Wildman–Crippen LogP) is 25.5. The Morgan fingerprint density at radius 2 is 0.836 bits per heavy atom. The number of hydrogen-bond donors (Lipinski definition) is 2. The van der Waals surface area contributed by atoms with Gasteiger partial charge in [-0.2, -0.15) is 0 Å². The minimum Gasteiger partial charge on any atom is -0.507 e. The Morgan fingerprint density at radius 3 is 1.30 bits per heavy atom. The van der Waals surface area contributed by atoms with Crippen molar-refractivity contribution in [2.45, 2.75) is 217 Å². The van der Waals surface area contributed by atoms with Crippen molar-refractivity contribution in [2.24, 2.45) is 5.92 Å². The lowest BCUT2D eigenvalue weighted by molar-refractivity contribution is 0.0180. The number of fused-ring (bicyclic) bond motifs is 3. The summed E-state index contributed by atoms with van der Waals surface area (Å²) in [6.45, 7) is 47.5. The van der Waals surface area contributed by atoms with Gasteiger partial charge in [0.2, 0.25) is 0 Å². The number of carbonyl (C=O) groups is 5. The number of rotatable bonds is 24. The number of likely N-dealkylation sites (tertiary alicyclic amines) is 1. The van der Waals surface area contributed by atoms with Crippen LogP contribution in [0, 0.1) is 31.4 Å². The number of halogens is 2. The third-order valence-corrected chi connectivity index (χ3v) is 24.8. The molecule has 6 aliphatic rings. The lowest BCUT2D eigenvalue weighted by Crippen LogP contribution is -2.41. The van der Waals surface area contributed by atoms with Crippen LogP contribution in [0.25, 0.3) is 45.1 Å². The summed E-state index contributed by atoms with van der Waals surface area (Å²) >= 11 is 0. The average Bonchev–Trinajstić information content (AvgIpc) is 1.64. The highest BCUT2D eigenvalue weighted by atomic mass is 19.1. The number of Topliss-reactive ketones (excluding diaryl/α,β-unsaturated/α-hetero) is 4. The number of ketones is 4. The summed E-state index contributed by atoms with van der Waals surface area (Å²) in [4.78, 5) is 71.2. The van der Waals surface area contributed by atoms with E-state index in [1.165, 1.54) is 176 Å². The lowest BCUT2D eigenvalue weighted by atomic mass is 9.91. The van der Waals surface area contributed by atoms with E-state index in [1.807, 2.05) is 76.8 Å². The third kappa shape index (κ3) is 28.7. The molecule has 9 heterocycles. The van der Waals surface area contributed by atoms with Crippen LogP contribution in [0.3, 0.4) is 0 Å². The summed E-state index contributed by atoms with van der Waals surface area (Å²) in [7, 11) is 0. The predicted molar refractivity (Wildman–Crippen MR) is 538 cm³/mol. The van der Waals surface area contributed by atoms with Crippen molar-refractivity contribution in [3.63, 3.8) is 0 Å². The Bertz CT molecular complexity index is 5680. The van der Waals surface area contributed by atoms with E-state index in [0.717, 1.165) is 195 Å². The van der Waals surface area contributed by atoms with Crippen LogP contribution < -0.4 is 34.0 Å². The summed E-state index contributed by atoms with van der Waals surface area (Å²) in [6, 6.07) is 29.9. The Morgan fingerprint density at radius 1 is 0.448 bits per heavy atom. The van der Waals surface area contributed by atoms with Crippen LogP contribution in [-0.4, -0.2) is 157 Å². The van der Waals surface area contributed by atoms with Gasteiger partial charge >= 0.3 is 6.09 Å². The first-order valence-corrected chi connectivity index (χ1v) is 47.8. The molecule has 716 valence electrons. The number of carbonyl (C=O) groups excluding carboxylic acids is 5. The zero-order chi connectivity index (χ0) is 96.4. The van der Waals surface area contributed by atoms with Gasteiger partial charge in [0.1, 0.15) is 53.4 Å². The van der Waals surface area contributed by atoms with Crippen LogP contribution in [0.1, 0.15) is 259 Å². The molecule has 6 aliphatic heterocycles. The van der Waals surface area contributed by atoms with Crippen LogP contribution in [0.5, 0.6) is 23.0 Å². The minimum absolute atomic E-state index is 0.0317. The van der Waals surface area contributed by atoms with E-state index in [0.29, 0.717) is 41.4 Å². The molecule has 6 saturated heterocycles. The molecule has 0 atom stereocenters. The van der Waals surface area contributed by atoms with Gasteiger partial charge in [0.15, 0.2) is 39.9 Å². The molecule has 6 fully saturated rings. The van der Waals surface area contributed by atoms with Gasteiger partial charge in [-0.1, -0.05) is 77.2 Å². The van der Waals surface area contributed by atoms with Gasteiger partial charge in [0.25, 0.3) is 0 Å². The second-order valence-corrected chi connectivity index (χ2v) is 35.9. The van der Waals surface area contributed by atoms with Crippen molar-refractivity contribution in [1.29, 1.82) is 0 Å². The number of aryl methyl sites for hydroxylation is 3. The van der Waals surface area contributed by atoms with Crippen molar-refractivity contribution in [1.82, 2.24) is 20.4 Å². The SMILES string of the molecule is C=CCOc1cc(F)ccc1C(C)=O.C=CCOc1cc(N2CCCCC2)ccc1C(C)=O.C=CCc1c(N2CCCCC2)ccc(C(C)=O)c1O.C=CCc1c(N2CCCCC2)ccc2c(C)noc12.CC(=O)c1ccc(F)cc1O.CC=Cc1c(N2CCCCC2)ccc2c(C)noc12.CC=Cc1c(N2CCCCC2)ccc2c(CCC3CCN(C(=O)OC(C)(C)C)CC3)noc12. The molecule has 134 heavy (non-hydrogen) atoms. The molecule has 24 heteroatoms. The van der Waals surface area contributed by atoms with Crippen LogP contribution in [-0.2, 0) is 24.0 Å². The fourth-order valence-electron chi connectivity index (χ4n) is 17.8. The lowest BCUT2D eigenvalue weighted by Gasteiger charge is -2.33. The molecule has 0 spiro atoms. The van der Waals surface area contributed by atoms with Gasteiger partial charge in [-0.3, -0.25) is 19.2 Å². The normalized spacial score (nSPS) is 15.3. The molecule has 2 N–H and O–H groups in total. The monoisotopic (exact) mass is 1830 g/mol. The number of phenols is 2. The number of anilines is 5. The number of aromatic hydroxyl groups is 2. The van der Waals surface area contributed by atoms with E-state index in [1.54, 1.807) is 25.1 Å². The maximum atomic E-state index is 12.8. The van der Waals surface area contributed by atoms with Gasteiger partial charge in [0, 0.05) is 164 Å². The van der Waals surface area contributed by atoms with Crippen LogP contribution >= 0.6 is 0 Å². The van der Waals surface area contributed by atoms with E-state index in [4.69, 9.17) is 32.9 Å². The Kier molecular flexibility index (Phi) is 39.8. The number of piperidine rings is 6. The fraction of sp³-hybridized carbons (Fsp3) is 0.436. The number of ether oxygens (including phenoxy) is 3. The first-order valence-electron chi connectivity index (χ1n) is 47.8. The van der Waals surface area contributed by atoms with Crippen LogP contribution in [0.4, 0.5) is 42.0 Å². The molecule has 0 bridgehead atoms. The van der Waals surface area contributed by atoms with Crippen LogP contribution in [0.2, 0.25) is 0 Å². The van der Waals surface area contributed by atoms with E-state index in [-0.39, 0.29) is 58.6 Å². The highest BCUT2D eigenvalue weighted by Gasteiger charge is 2.30. The number of aromatic nitrogens is 3. The summed E-state index contributed by atoms with van der Waals surface area (Å²) in [5.74, 6) is -0.135. The van der Waals surface area contributed by atoms with Gasteiger partial charge in [-0.15, -0.1) is 13.2 Å². The minimum atomic E-state index is -0.549. The Balaban J connectivity index is 0.000000166. The third-order valence-electron chi connectivity index (χ3n) is 24.8. The molecular weight excluding hydrogens is 1690 g/mol. The number of hydrogen-bond acceptors (Lipinski definition) is 21. The smallest absolute Gasteiger partial charge is 0.410 e. The second-order valence-electron chi connectivity index (χ2n) is 35.9. The van der Waals surface area contributed by atoms with Crippen LogP contribution in [0.15, 0.2) is 179 Å². The second kappa shape index (κ2) is 51.6. The zero-order valence-corrected chi connectivity index (χ0v) is 80.8. The first kappa shape index (κ1) is 103. The maximum Gasteiger partial charge on any atom is 0.410 e. The molecule has 22 nitrogen and oxygen atoms in total. The fourth-order valence-corrected chi connectivity index (χ4v) is 17.8. The molecule has 0 saturated carbocycles. The Labute approximate surface area is 790 Å². The first-order chi connectivity index (χ1) is 64.6. The summed E-state index contributed by atoms with van der Waals surface area (Å²) in [5, 5.41) is 35.4. The zero-order valence-electron chi connectivity index (χ0n) is 80.8. The van der Waals surface area contributed by atoms with E-state index in [2.05, 4.69) is 134 Å². The summed E-state index contributed by atoms with van der Waals surface area (Å²) in [6.07, 6.45) is 39.7. The number of phenolic OH excluding ortho intramolecular Hbond substituents is 2. The van der Waals surface area contributed by atoms with Crippen molar-refractivity contribution >= 4 is 103 Å². The molecule has 3 aromatic heterocycles. The average molecular weight is 1830 g/mol. The van der Waals surface area contributed by atoms with Gasteiger partial charge < -0.3 is 67.4 Å². The number of benzene rings is 7. The highest BCUT2D eigenvalue weighted by molar-refractivity contribution is 6.00. The number of nitrogens with zero attached hydrogens (tertiary/aromatic N) is 9. The molecule has 7 aromatic carbocycles. The molecule has 0 aliphatic carbocycles. The molecular formula is C110H139F2N9O13. The molecule has 10 aromatic rings. The van der Waals surface area contributed by atoms with Gasteiger partial charge in [0.05, 0.1) is 39.3 Å². The van der Waals surface area contributed by atoms with Crippen molar-refractivity contribution in [3.05, 3.63) is 239 Å². The van der Waals surface area contributed by atoms with E-state index >= 15 is 0 Å². The van der Waals surface area contributed by atoms with Crippen molar-refractivity contribution in [2.75, 3.05) is 116 Å². The number of allylic oxidation sites excluding steroid dienone is 4. The molecule has 1 amide bonds. The quantitative estimate of drug-likeness (QED) is 0.0421. The molecule has 0 radical (unpaired) electrons. The Hall–Kier alpha value is -12.6. The largest absolute Gasteiger partial charge is 0.507 e.